The van der Waals surface area contributed by atoms with Crippen LogP contribution in [-0.2, 0) is 0 Å². The Bertz CT molecular complexity index is 4240. The average molecular weight is 901 g/mol. The number of thiophene rings is 1. The van der Waals surface area contributed by atoms with Crippen LogP contribution in [0.1, 0.15) is 0 Å². The van der Waals surface area contributed by atoms with Crippen molar-refractivity contribution in [2.75, 3.05) is 0 Å². The number of fused-ring (bicyclic) bond motifs is 10. The van der Waals surface area contributed by atoms with Gasteiger partial charge in [-0.25, -0.2) is 19.9 Å². The molecular weight excluding hydrogens is 865 g/mol. The Morgan fingerprint density at radius 1 is 0.275 bits per heavy atom. The van der Waals surface area contributed by atoms with Crippen LogP contribution in [0.5, 0.6) is 0 Å². The number of para-hydroxylation sites is 2. The lowest BCUT2D eigenvalue weighted by atomic mass is 10.1. The molecule has 69 heavy (non-hydrogen) atoms. The lowest BCUT2D eigenvalue weighted by Gasteiger charge is -2.14. The molecule has 0 saturated heterocycles. The summed E-state index contributed by atoms with van der Waals surface area (Å²) >= 11 is 1.79. The summed E-state index contributed by atoms with van der Waals surface area (Å²) in [5.41, 5.74) is 9.71. The van der Waals surface area contributed by atoms with Gasteiger partial charge in [0, 0.05) is 75.2 Å². The molecule has 5 heterocycles. The molecule has 9 heteroatoms. The summed E-state index contributed by atoms with van der Waals surface area (Å²) in [5, 5.41) is 6.95. The van der Waals surface area contributed by atoms with Crippen LogP contribution in [0.25, 0.3) is 132 Å². The fourth-order valence-corrected chi connectivity index (χ4v) is 11.0. The Kier molecular flexibility index (Phi) is 8.90. The largest absolute Gasteiger partial charge is 0.307 e. The van der Waals surface area contributed by atoms with Crippen LogP contribution in [0.15, 0.2) is 218 Å². The van der Waals surface area contributed by atoms with Crippen molar-refractivity contribution >= 4 is 75.1 Å². The lowest BCUT2D eigenvalue weighted by molar-refractivity contribution is 0.953. The van der Waals surface area contributed by atoms with Gasteiger partial charge in [0.25, 0.3) is 0 Å². The zero-order valence-corrected chi connectivity index (χ0v) is 37.6. The highest BCUT2D eigenvalue weighted by Gasteiger charge is 2.24. The number of aromatic nitrogens is 8. The topological polar surface area (TPSA) is 87.2 Å². The monoisotopic (exact) mass is 900 g/mol. The summed E-state index contributed by atoms with van der Waals surface area (Å²) in [7, 11) is 0. The van der Waals surface area contributed by atoms with E-state index in [1.54, 1.807) is 11.3 Å². The van der Waals surface area contributed by atoms with E-state index < -0.39 is 0 Å². The predicted octanol–water partition coefficient (Wildman–Crippen LogP) is 15.0. The molecule has 0 fully saturated rings. The molecule has 0 saturated carbocycles. The first-order valence-electron chi connectivity index (χ1n) is 22.9. The van der Waals surface area contributed by atoms with E-state index in [1.165, 1.54) is 20.2 Å². The molecule has 0 spiro atoms. The summed E-state index contributed by atoms with van der Waals surface area (Å²) < 4.78 is 7.06. The zero-order valence-electron chi connectivity index (χ0n) is 36.8. The average Bonchev–Trinajstić information content (AvgIpc) is 4.09. The van der Waals surface area contributed by atoms with Crippen molar-refractivity contribution in [1.29, 1.82) is 0 Å². The summed E-state index contributed by atoms with van der Waals surface area (Å²) in [5.74, 6) is 3.60. The molecule has 0 bridgehead atoms. The van der Waals surface area contributed by atoms with Crippen LogP contribution in [0, 0.1) is 0 Å². The second-order valence-electron chi connectivity index (χ2n) is 17.1. The van der Waals surface area contributed by atoms with Crippen molar-refractivity contribution in [2.45, 2.75) is 0 Å². The molecule has 0 aliphatic carbocycles. The van der Waals surface area contributed by atoms with Gasteiger partial charge in [-0.3, -0.25) is 4.57 Å². The molecule has 14 rings (SSSR count). The van der Waals surface area contributed by atoms with Crippen molar-refractivity contribution in [3.05, 3.63) is 218 Å². The van der Waals surface area contributed by atoms with E-state index >= 15 is 0 Å². The lowest BCUT2D eigenvalue weighted by Crippen LogP contribution is -2.07. The van der Waals surface area contributed by atoms with Gasteiger partial charge in [-0.15, -0.1) is 11.3 Å². The maximum absolute atomic E-state index is 5.42. The Balaban J connectivity index is 0.998. The molecule has 0 unspecified atom stereocenters. The third-order valence-electron chi connectivity index (χ3n) is 13.0. The molecule has 9 aromatic carbocycles. The highest BCUT2D eigenvalue weighted by atomic mass is 32.1. The molecule has 322 valence electrons. The summed E-state index contributed by atoms with van der Waals surface area (Å²) in [6.07, 6.45) is 0. The van der Waals surface area contributed by atoms with Gasteiger partial charge in [-0.2, -0.15) is 9.97 Å². The zero-order chi connectivity index (χ0) is 45.4. The Labute approximate surface area is 399 Å². The van der Waals surface area contributed by atoms with E-state index in [0.717, 1.165) is 77.1 Å². The van der Waals surface area contributed by atoms with Gasteiger partial charge in [0.1, 0.15) is 0 Å². The second kappa shape index (κ2) is 15.7. The van der Waals surface area contributed by atoms with Gasteiger partial charge < -0.3 is 4.57 Å². The third kappa shape index (κ3) is 6.43. The number of hydrogen-bond donors (Lipinski definition) is 0. The molecule has 5 aromatic heterocycles. The molecule has 0 radical (unpaired) electrons. The Morgan fingerprint density at radius 2 is 0.667 bits per heavy atom. The van der Waals surface area contributed by atoms with Crippen LogP contribution >= 0.6 is 11.3 Å². The van der Waals surface area contributed by atoms with E-state index in [4.69, 9.17) is 29.9 Å². The Morgan fingerprint density at radius 3 is 1.23 bits per heavy atom. The van der Waals surface area contributed by atoms with E-state index in [-0.39, 0.29) is 0 Å². The minimum atomic E-state index is 0.541. The quantitative estimate of drug-likeness (QED) is 0.158. The van der Waals surface area contributed by atoms with Crippen molar-refractivity contribution in [1.82, 2.24) is 39.0 Å². The van der Waals surface area contributed by atoms with Crippen LogP contribution < -0.4 is 0 Å². The third-order valence-corrected chi connectivity index (χ3v) is 14.2. The van der Waals surface area contributed by atoms with E-state index in [2.05, 4.69) is 149 Å². The Hall–Kier alpha value is -9.18. The minimum Gasteiger partial charge on any atom is -0.307 e. The number of hydrogen-bond acceptors (Lipinski definition) is 7. The van der Waals surface area contributed by atoms with Crippen LogP contribution in [-0.4, -0.2) is 39.0 Å². The summed E-state index contributed by atoms with van der Waals surface area (Å²) in [6, 6.07) is 75.8. The van der Waals surface area contributed by atoms with Gasteiger partial charge in [-0.1, -0.05) is 170 Å². The normalized spacial score (nSPS) is 11.8. The maximum Gasteiger partial charge on any atom is 0.238 e. The van der Waals surface area contributed by atoms with Crippen molar-refractivity contribution in [2.24, 2.45) is 0 Å². The standard InChI is InChI=1S/C60H36N8S/c1-4-16-37(17-5-1)55-61-56(38-18-6-2-7-19-38)63-57(62-55)40-28-31-42(32-29-40)67-49-25-13-10-22-43(49)47-34-35-48-44-23-11-14-26-50(44)68(54(48)53(47)67)60-65-58(39-20-8-3-9-21-39)64-59(66-60)41-30-33-46-45-24-12-15-27-51(45)69-52(46)36-41/h1-36H. The van der Waals surface area contributed by atoms with Gasteiger partial charge in [0.2, 0.25) is 5.95 Å². The van der Waals surface area contributed by atoms with Crippen molar-refractivity contribution < 1.29 is 0 Å². The first-order valence-corrected chi connectivity index (χ1v) is 23.7. The SMILES string of the molecule is c1ccc(-c2nc(-c3ccccc3)nc(-c3ccc(-n4c5ccccc5c5ccc6c7ccccc7n(-c7nc(-c8ccccc8)nc(-c8ccc9c(c8)sc8ccccc89)n7)c6c54)cc3)n2)cc1. The fourth-order valence-electron chi connectivity index (χ4n) is 9.85. The minimum absolute atomic E-state index is 0.541. The van der Waals surface area contributed by atoms with Crippen molar-refractivity contribution in [3.63, 3.8) is 0 Å². The van der Waals surface area contributed by atoms with E-state index in [0.29, 0.717) is 35.1 Å². The van der Waals surface area contributed by atoms with Crippen molar-refractivity contribution in [3.8, 4) is 68.6 Å². The van der Waals surface area contributed by atoms with Gasteiger partial charge in [-0.05, 0) is 48.5 Å². The highest BCUT2D eigenvalue weighted by molar-refractivity contribution is 7.25. The van der Waals surface area contributed by atoms with E-state index in [1.807, 2.05) is 78.9 Å². The molecule has 0 atom stereocenters. The molecular formula is C60H36N8S. The van der Waals surface area contributed by atoms with E-state index in [9.17, 15) is 0 Å². The second-order valence-corrected chi connectivity index (χ2v) is 18.2. The molecule has 0 amide bonds. The smallest absolute Gasteiger partial charge is 0.238 e. The van der Waals surface area contributed by atoms with Gasteiger partial charge in [0.15, 0.2) is 29.1 Å². The van der Waals surface area contributed by atoms with Gasteiger partial charge in [0.05, 0.1) is 22.1 Å². The van der Waals surface area contributed by atoms with Crippen LogP contribution in [0.3, 0.4) is 0 Å². The fraction of sp³-hybridized carbons (Fsp3) is 0. The molecule has 14 aromatic rings. The molecule has 8 nitrogen and oxygen atoms in total. The number of nitrogens with zero attached hydrogens (tertiary/aromatic N) is 8. The molecule has 0 aliphatic heterocycles. The highest BCUT2D eigenvalue weighted by Crippen LogP contribution is 2.42. The first kappa shape index (κ1) is 39.0. The van der Waals surface area contributed by atoms with Gasteiger partial charge >= 0.3 is 0 Å². The maximum atomic E-state index is 5.42. The first-order chi connectivity index (χ1) is 34.2. The molecule has 0 aliphatic rings. The summed E-state index contributed by atoms with van der Waals surface area (Å²) in [6.45, 7) is 0. The molecule has 0 N–H and O–H groups in total. The number of benzene rings is 9. The summed E-state index contributed by atoms with van der Waals surface area (Å²) in [4.78, 5) is 31.0. The van der Waals surface area contributed by atoms with Crippen LogP contribution in [0.4, 0.5) is 0 Å². The number of rotatable bonds is 7. The van der Waals surface area contributed by atoms with Crippen LogP contribution in [0.2, 0.25) is 0 Å². The predicted molar refractivity (Wildman–Crippen MR) is 282 cm³/mol.